The lowest BCUT2D eigenvalue weighted by Crippen LogP contribution is -2.40. The van der Waals surface area contributed by atoms with Gasteiger partial charge < -0.3 is 10.2 Å². The summed E-state index contributed by atoms with van der Waals surface area (Å²) in [5, 5.41) is 4.06. The highest BCUT2D eigenvalue weighted by Crippen LogP contribution is 2.32. The van der Waals surface area contributed by atoms with E-state index in [1.54, 1.807) is 11.3 Å². The number of anilines is 2. The fraction of sp³-hybridized carbons (Fsp3) is 0.300. The predicted octanol–water partition coefficient (Wildman–Crippen LogP) is 5.22. The molecular weight excluding hydrogens is 410 g/mol. The molecular formula is C20H20BrN3OS. The van der Waals surface area contributed by atoms with E-state index in [1.807, 2.05) is 24.3 Å². The molecule has 1 aromatic heterocycles. The number of piperidine rings is 1. The number of nitrogens with zero attached hydrogens (tertiary/aromatic N) is 2. The van der Waals surface area contributed by atoms with Gasteiger partial charge >= 0.3 is 0 Å². The SMILES string of the molecule is Cc1ccc2nc(N3CCCC(C(=O)Nc4cccc(Br)c4)C3)sc2c1. The third-order valence-corrected chi connectivity index (χ3v) is 6.26. The summed E-state index contributed by atoms with van der Waals surface area (Å²) in [7, 11) is 0. The van der Waals surface area contributed by atoms with Crippen molar-refractivity contribution in [2.75, 3.05) is 23.3 Å². The van der Waals surface area contributed by atoms with Crippen molar-refractivity contribution in [1.82, 2.24) is 4.98 Å². The van der Waals surface area contributed by atoms with E-state index in [0.717, 1.165) is 46.7 Å². The number of fused-ring (bicyclic) bond motifs is 1. The van der Waals surface area contributed by atoms with Crippen molar-refractivity contribution in [3.05, 3.63) is 52.5 Å². The molecule has 1 amide bonds. The fourth-order valence-electron chi connectivity index (χ4n) is 3.33. The Morgan fingerprint density at radius 3 is 3.04 bits per heavy atom. The zero-order valence-electron chi connectivity index (χ0n) is 14.5. The fourth-order valence-corrected chi connectivity index (χ4v) is 4.83. The van der Waals surface area contributed by atoms with Gasteiger partial charge in [0.15, 0.2) is 5.13 Å². The summed E-state index contributed by atoms with van der Waals surface area (Å²) in [5.74, 6) is 0.0706. The molecule has 2 aromatic carbocycles. The third-order valence-electron chi connectivity index (χ3n) is 4.69. The van der Waals surface area contributed by atoms with Crippen LogP contribution in [-0.4, -0.2) is 24.0 Å². The summed E-state index contributed by atoms with van der Waals surface area (Å²) in [6.07, 6.45) is 1.92. The Morgan fingerprint density at radius 2 is 2.19 bits per heavy atom. The largest absolute Gasteiger partial charge is 0.347 e. The first-order valence-electron chi connectivity index (χ1n) is 8.77. The molecule has 1 fully saturated rings. The molecule has 1 unspecified atom stereocenters. The highest BCUT2D eigenvalue weighted by Gasteiger charge is 2.27. The molecule has 1 aliphatic heterocycles. The number of carbonyl (C=O) groups excluding carboxylic acids is 1. The van der Waals surface area contributed by atoms with E-state index < -0.39 is 0 Å². The Balaban J connectivity index is 1.48. The van der Waals surface area contributed by atoms with Gasteiger partial charge in [-0.2, -0.15) is 0 Å². The van der Waals surface area contributed by atoms with Crippen LogP contribution in [0.1, 0.15) is 18.4 Å². The lowest BCUT2D eigenvalue weighted by atomic mass is 9.97. The second-order valence-corrected chi connectivity index (χ2v) is 8.68. The lowest BCUT2D eigenvalue weighted by Gasteiger charge is -2.31. The van der Waals surface area contributed by atoms with Gasteiger partial charge in [-0.15, -0.1) is 0 Å². The van der Waals surface area contributed by atoms with Crippen LogP contribution in [0, 0.1) is 12.8 Å². The molecule has 1 saturated heterocycles. The Bertz CT molecular complexity index is 955. The van der Waals surface area contributed by atoms with Crippen molar-refractivity contribution in [2.24, 2.45) is 5.92 Å². The van der Waals surface area contributed by atoms with Crippen LogP contribution in [0.5, 0.6) is 0 Å². The Morgan fingerprint density at radius 1 is 1.31 bits per heavy atom. The van der Waals surface area contributed by atoms with E-state index in [-0.39, 0.29) is 11.8 Å². The topological polar surface area (TPSA) is 45.2 Å². The van der Waals surface area contributed by atoms with Gasteiger partial charge in [0.05, 0.1) is 16.1 Å². The van der Waals surface area contributed by atoms with E-state index >= 15 is 0 Å². The summed E-state index contributed by atoms with van der Waals surface area (Å²) in [4.78, 5) is 19.7. The van der Waals surface area contributed by atoms with Gasteiger partial charge in [-0.1, -0.05) is 39.4 Å². The quantitative estimate of drug-likeness (QED) is 0.620. The van der Waals surface area contributed by atoms with Gasteiger partial charge in [0.2, 0.25) is 5.91 Å². The van der Waals surface area contributed by atoms with Gasteiger partial charge in [-0.3, -0.25) is 4.79 Å². The van der Waals surface area contributed by atoms with Crippen LogP contribution in [0.3, 0.4) is 0 Å². The van der Waals surface area contributed by atoms with Gasteiger partial charge in [-0.05, 0) is 55.7 Å². The third kappa shape index (κ3) is 3.76. The summed E-state index contributed by atoms with van der Waals surface area (Å²) >= 11 is 5.16. The molecule has 1 atom stereocenters. The number of amides is 1. The number of aryl methyl sites for hydroxylation is 1. The van der Waals surface area contributed by atoms with E-state index in [0.29, 0.717) is 0 Å². The molecule has 3 aromatic rings. The van der Waals surface area contributed by atoms with Gasteiger partial charge in [0.25, 0.3) is 0 Å². The minimum atomic E-state index is -0.0171. The minimum Gasteiger partial charge on any atom is -0.347 e. The van der Waals surface area contributed by atoms with E-state index in [1.165, 1.54) is 10.3 Å². The van der Waals surface area contributed by atoms with Crippen molar-refractivity contribution in [3.8, 4) is 0 Å². The second kappa shape index (κ2) is 7.37. The smallest absolute Gasteiger partial charge is 0.229 e. The molecule has 0 radical (unpaired) electrons. The Hall–Kier alpha value is -1.92. The molecule has 134 valence electrons. The molecule has 0 saturated carbocycles. The monoisotopic (exact) mass is 429 g/mol. The first kappa shape index (κ1) is 17.5. The van der Waals surface area contributed by atoms with E-state index in [2.05, 4.69) is 51.3 Å². The Kier molecular flexibility index (Phi) is 4.96. The van der Waals surface area contributed by atoms with Gasteiger partial charge in [0, 0.05) is 23.2 Å². The number of hydrogen-bond acceptors (Lipinski definition) is 4. The minimum absolute atomic E-state index is 0.0171. The average molecular weight is 430 g/mol. The maximum atomic E-state index is 12.7. The van der Waals surface area contributed by atoms with Crippen LogP contribution in [0.15, 0.2) is 46.9 Å². The van der Waals surface area contributed by atoms with Crippen molar-refractivity contribution < 1.29 is 4.79 Å². The Labute approximate surface area is 165 Å². The number of benzene rings is 2. The number of nitrogens with one attached hydrogen (secondary N) is 1. The summed E-state index contributed by atoms with van der Waals surface area (Å²) in [6.45, 7) is 3.78. The van der Waals surface area contributed by atoms with Gasteiger partial charge in [0.1, 0.15) is 0 Å². The van der Waals surface area contributed by atoms with Crippen LogP contribution in [0.25, 0.3) is 10.2 Å². The van der Waals surface area contributed by atoms with Crippen LogP contribution in [0.2, 0.25) is 0 Å². The van der Waals surface area contributed by atoms with Crippen molar-refractivity contribution in [3.63, 3.8) is 0 Å². The number of hydrogen-bond donors (Lipinski definition) is 1. The van der Waals surface area contributed by atoms with Crippen LogP contribution in [-0.2, 0) is 4.79 Å². The normalized spacial score (nSPS) is 17.5. The maximum absolute atomic E-state index is 12.7. The predicted molar refractivity (Wildman–Crippen MR) is 112 cm³/mol. The lowest BCUT2D eigenvalue weighted by molar-refractivity contribution is -0.120. The summed E-state index contributed by atoms with van der Waals surface area (Å²) in [5.41, 5.74) is 3.12. The van der Waals surface area contributed by atoms with Gasteiger partial charge in [-0.25, -0.2) is 4.98 Å². The van der Waals surface area contributed by atoms with Crippen molar-refractivity contribution in [1.29, 1.82) is 0 Å². The number of thiazole rings is 1. The average Bonchev–Trinajstić information content (AvgIpc) is 3.05. The van der Waals surface area contributed by atoms with Crippen molar-refractivity contribution in [2.45, 2.75) is 19.8 Å². The molecule has 1 N–H and O–H groups in total. The zero-order valence-corrected chi connectivity index (χ0v) is 16.9. The van der Waals surface area contributed by atoms with Crippen LogP contribution < -0.4 is 10.2 Å². The van der Waals surface area contributed by atoms with Crippen molar-refractivity contribution >= 4 is 54.2 Å². The summed E-state index contributed by atoms with van der Waals surface area (Å²) in [6, 6.07) is 14.1. The molecule has 26 heavy (non-hydrogen) atoms. The highest BCUT2D eigenvalue weighted by molar-refractivity contribution is 9.10. The van der Waals surface area contributed by atoms with Crippen LogP contribution in [0.4, 0.5) is 10.8 Å². The molecule has 6 heteroatoms. The molecule has 0 spiro atoms. The maximum Gasteiger partial charge on any atom is 0.229 e. The van der Waals surface area contributed by atoms with Crippen LogP contribution >= 0.6 is 27.3 Å². The number of aromatic nitrogens is 1. The zero-order chi connectivity index (χ0) is 18.1. The molecule has 4 rings (SSSR count). The molecule has 2 heterocycles. The molecule has 4 nitrogen and oxygen atoms in total. The second-order valence-electron chi connectivity index (χ2n) is 6.75. The van der Waals surface area contributed by atoms with E-state index in [4.69, 9.17) is 4.98 Å². The molecule has 0 bridgehead atoms. The first-order chi connectivity index (χ1) is 12.6. The first-order valence-corrected chi connectivity index (χ1v) is 10.4. The number of rotatable bonds is 3. The standard InChI is InChI=1S/C20H20BrN3OS/c1-13-7-8-17-18(10-13)26-20(23-17)24-9-3-4-14(12-24)19(25)22-16-6-2-5-15(21)11-16/h2,5-8,10-11,14H,3-4,9,12H2,1H3,(H,22,25). The number of halogens is 1. The highest BCUT2D eigenvalue weighted by atomic mass is 79.9. The van der Waals surface area contributed by atoms with E-state index in [9.17, 15) is 4.79 Å². The molecule has 1 aliphatic rings. The number of carbonyl (C=O) groups is 1. The molecule has 0 aliphatic carbocycles. The summed E-state index contributed by atoms with van der Waals surface area (Å²) < 4.78 is 2.17.